The number of carbonyl (C=O) groups is 2. The highest BCUT2D eigenvalue weighted by atomic mass is 32.1. The summed E-state index contributed by atoms with van der Waals surface area (Å²) in [4.78, 5) is 26.0. The Morgan fingerprint density at radius 1 is 1.00 bits per heavy atom. The van der Waals surface area contributed by atoms with Crippen LogP contribution in [0.25, 0.3) is 11.1 Å². The molecule has 0 aliphatic heterocycles. The van der Waals surface area contributed by atoms with Crippen LogP contribution in [0.2, 0.25) is 0 Å². The van der Waals surface area contributed by atoms with E-state index in [1.54, 1.807) is 18.2 Å². The van der Waals surface area contributed by atoms with Crippen LogP contribution >= 0.6 is 11.3 Å². The van der Waals surface area contributed by atoms with Gasteiger partial charge in [-0.15, -0.1) is 11.3 Å². The molecule has 3 aromatic rings. The lowest BCUT2D eigenvalue weighted by Crippen LogP contribution is -2.14. The van der Waals surface area contributed by atoms with Crippen LogP contribution in [-0.2, 0) is 4.74 Å². The van der Waals surface area contributed by atoms with Gasteiger partial charge in [-0.1, -0.05) is 18.2 Å². The smallest absolute Gasteiger partial charge is 0.341 e. The zero-order chi connectivity index (χ0) is 20.4. The van der Waals surface area contributed by atoms with Gasteiger partial charge in [-0.05, 0) is 61.7 Å². The summed E-state index contributed by atoms with van der Waals surface area (Å²) in [6.45, 7) is 5.76. The number of aryl methyl sites for hydroxylation is 3. The third-order valence-corrected chi connectivity index (χ3v) is 5.62. The molecule has 0 fully saturated rings. The van der Waals surface area contributed by atoms with Crippen LogP contribution in [0.3, 0.4) is 0 Å². The number of hydrogen-bond acceptors (Lipinski definition) is 4. The number of ether oxygens (including phenoxy) is 1. The molecule has 0 atom stereocenters. The molecule has 0 bridgehead atoms. The molecule has 1 N–H and O–H groups in total. The van der Waals surface area contributed by atoms with Gasteiger partial charge in [0.05, 0.1) is 7.11 Å². The predicted molar refractivity (Wildman–Crippen MR) is 110 cm³/mol. The zero-order valence-corrected chi connectivity index (χ0v) is 16.9. The Morgan fingerprint density at radius 3 is 2.29 bits per heavy atom. The Balaban J connectivity index is 2.04. The minimum atomic E-state index is -0.556. The first kappa shape index (κ1) is 19.8. The van der Waals surface area contributed by atoms with Crippen molar-refractivity contribution in [2.75, 3.05) is 12.4 Å². The summed E-state index contributed by atoms with van der Waals surface area (Å²) in [5.74, 6) is -1.22. The molecule has 1 heterocycles. The Morgan fingerprint density at radius 2 is 1.68 bits per heavy atom. The molecular formula is C22H20FNO3S. The fourth-order valence-corrected chi connectivity index (χ4v) is 4.01. The molecule has 144 valence electrons. The van der Waals surface area contributed by atoms with E-state index < -0.39 is 5.97 Å². The van der Waals surface area contributed by atoms with E-state index in [1.165, 1.54) is 30.6 Å². The Kier molecular flexibility index (Phi) is 5.61. The predicted octanol–water partition coefficient (Wildman–Crippen LogP) is 5.52. The van der Waals surface area contributed by atoms with Crippen LogP contribution in [0.1, 0.15) is 36.7 Å². The molecule has 28 heavy (non-hydrogen) atoms. The highest BCUT2D eigenvalue weighted by Gasteiger charge is 2.25. The normalized spacial score (nSPS) is 10.6. The number of hydrogen-bond donors (Lipinski definition) is 1. The van der Waals surface area contributed by atoms with Gasteiger partial charge >= 0.3 is 5.97 Å². The maximum Gasteiger partial charge on any atom is 0.341 e. The maximum absolute atomic E-state index is 13.3. The van der Waals surface area contributed by atoms with Gasteiger partial charge in [0.1, 0.15) is 16.4 Å². The van der Waals surface area contributed by atoms with E-state index in [1.807, 2.05) is 32.9 Å². The lowest BCUT2D eigenvalue weighted by Gasteiger charge is -2.09. The van der Waals surface area contributed by atoms with Crippen molar-refractivity contribution in [1.82, 2.24) is 0 Å². The van der Waals surface area contributed by atoms with Gasteiger partial charge in [-0.25, -0.2) is 9.18 Å². The summed E-state index contributed by atoms with van der Waals surface area (Å²) in [5, 5.41) is 3.24. The number of nitrogens with one attached hydrogen (secondary N) is 1. The van der Waals surface area contributed by atoms with Crippen LogP contribution in [0.5, 0.6) is 0 Å². The number of thiophene rings is 1. The van der Waals surface area contributed by atoms with E-state index >= 15 is 0 Å². The number of rotatable bonds is 4. The second-order valence-corrected chi connectivity index (χ2v) is 7.71. The summed E-state index contributed by atoms with van der Waals surface area (Å²) in [7, 11) is 1.29. The molecule has 0 unspecified atom stereocenters. The average molecular weight is 397 g/mol. The molecule has 6 heteroatoms. The number of halogens is 1. The van der Waals surface area contributed by atoms with Gasteiger partial charge < -0.3 is 10.1 Å². The van der Waals surface area contributed by atoms with Crippen molar-refractivity contribution in [2.45, 2.75) is 20.8 Å². The largest absolute Gasteiger partial charge is 0.465 e. The van der Waals surface area contributed by atoms with Crippen LogP contribution in [-0.4, -0.2) is 19.0 Å². The van der Waals surface area contributed by atoms with Gasteiger partial charge in [0.25, 0.3) is 5.91 Å². The molecule has 1 aromatic heterocycles. The average Bonchev–Trinajstić information content (AvgIpc) is 2.99. The highest BCUT2D eigenvalue weighted by Crippen LogP contribution is 2.40. The van der Waals surface area contributed by atoms with Crippen molar-refractivity contribution in [2.24, 2.45) is 0 Å². The van der Waals surface area contributed by atoms with Crippen molar-refractivity contribution in [3.63, 3.8) is 0 Å². The lowest BCUT2D eigenvalue weighted by atomic mass is 10.0. The summed E-state index contributed by atoms with van der Waals surface area (Å²) < 4.78 is 18.2. The molecule has 3 rings (SSSR count). The highest BCUT2D eigenvalue weighted by molar-refractivity contribution is 7.17. The summed E-state index contributed by atoms with van der Waals surface area (Å²) >= 11 is 1.29. The van der Waals surface area contributed by atoms with Crippen LogP contribution in [0.4, 0.5) is 9.39 Å². The quantitative estimate of drug-likeness (QED) is 0.590. The lowest BCUT2D eigenvalue weighted by molar-refractivity contribution is 0.0603. The van der Waals surface area contributed by atoms with Gasteiger partial charge in [0.2, 0.25) is 0 Å². The fraction of sp³-hybridized carbons (Fsp3) is 0.182. The fourth-order valence-electron chi connectivity index (χ4n) is 2.95. The second-order valence-electron chi connectivity index (χ2n) is 6.49. The molecule has 0 aliphatic carbocycles. The summed E-state index contributed by atoms with van der Waals surface area (Å²) in [6, 6.07) is 11.3. The van der Waals surface area contributed by atoms with Gasteiger partial charge in [-0.3, -0.25) is 4.79 Å². The van der Waals surface area contributed by atoms with Gasteiger partial charge in [0.15, 0.2) is 0 Å². The van der Waals surface area contributed by atoms with Crippen molar-refractivity contribution in [3.8, 4) is 11.1 Å². The van der Waals surface area contributed by atoms with Crippen LogP contribution < -0.4 is 5.32 Å². The summed E-state index contributed by atoms with van der Waals surface area (Å²) in [5.41, 5.74) is 4.20. The molecule has 0 aliphatic rings. The Labute approximate surface area is 167 Å². The van der Waals surface area contributed by atoms with Gasteiger partial charge in [0, 0.05) is 16.0 Å². The first-order chi connectivity index (χ1) is 13.3. The number of esters is 1. The first-order valence-corrected chi connectivity index (χ1v) is 9.49. The van der Waals surface area contributed by atoms with E-state index in [4.69, 9.17) is 4.74 Å². The standard InChI is InChI=1S/C22H20FNO3S/c1-12-5-6-16(11-13(12)2)20(25)24-21-19(22(26)27-4)18(14(3)28-21)15-7-9-17(23)10-8-15/h5-11H,1-4H3,(H,24,25). The zero-order valence-electron chi connectivity index (χ0n) is 16.1. The Hall–Kier alpha value is -2.99. The molecule has 2 aromatic carbocycles. The summed E-state index contributed by atoms with van der Waals surface area (Å²) in [6.07, 6.45) is 0. The first-order valence-electron chi connectivity index (χ1n) is 8.68. The maximum atomic E-state index is 13.3. The number of carbonyl (C=O) groups excluding carboxylic acids is 2. The van der Waals surface area contributed by atoms with Crippen molar-refractivity contribution < 1.29 is 18.7 Å². The topological polar surface area (TPSA) is 55.4 Å². The van der Waals surface area contributed by atoms with E-state index in [2.05, 4.69) is 5.32 Å². The SMILES string of the molecule is COC(=O)c1c(NC(=O)c2ccc(C)c(C)c2)sc(C)c1-c1ccc(F)cc1. The molecule has 0 radical (unpaired) electrons. The van der Waals surface area contributed by atoms with E-state index in [9.17, 15) is 14.0 Å². The van der Waals surface area contributed by atoms with E-state index in [-0.39, 0.29) is 17.3 Å². The molecule has 0 saturated heterocycles. The second kappa shape index (κ2) is 7.94. The molecule has 0 spiro atoms. The molecule has 4 nitrogen and oxygen atoms in total. The minimum Gasteiger partial charge on any atom is -0.465 e. The van der Waals surface area contributed by atoms with Crippen molar-refractivity contribution in [1.29, 1.82) is 0 Å². The van der Waals surface area contributed by atoms with Crippen molar-refractivity contribution >= 4 is 28.2 Å². The molecule has 0 saturated carbocycles. The van der Waals surface area contributed by atoms with Crippen molar-refractivity contribution in [3.05, 3.63) is 75.4 Å². The number of benzene rings is 2. The monoisotopic (exact) mass is 397 g/mol. The van der Waals surface area contributed by atoms with Crippen LogP contribution in [0.15, 0.2) is 42.5 Å². The molecular weight excluding hydrogens is 377 g/mol. The number of methoxy groups -OCH3 is 1. The van der Waals surface area contributed by atoms with E-state index in [0.29, 0.717) is 21.7 Å². The number of anilines is 1. The van der Waals surface area contributed by atoms with E-state index in [0.717, 1.165) is 16.0 Å². The third-order valence-electron chi connectivity index (χ3n) is 4.60. The molecule has 1 amide bonds. The van der Waals surface area contributed by atoms with Gasteiger partial charge in [-0.2, -0.15) is 0 Å². The van der Waals surface area contributed by atoms with Crippen LogP contribution in [0, 0.1) is 26.6 Å². The number of amides is 1. The minimum absolute atomic E-state index is 0.272. The third kappa shape index (κ3) is 3.82. The Bertz CT molecular complexity index is 1050.